The number of alkyl halides is 4. The van der Waals surface area contributed by atoms with Crippen molar-refractivity contribution in [2.24, 2.45) is 5.92 Å². The lowest BCUT2D eigenvalue weighted by molar-refractivity contribution is -0.139. The number of fused-ring (bicyclic) bond motifs is 1. The fourth-order valence-corrected chi connectivity index (χ4v) is 6.78. The average molecular weight is 680 g/mol. The number of hydrogen-bond acceptors (Lipinski definition) is 8. The van der Waals surface area contributed by atoms with Gasteiger partial charge in [0.1, 0.15) is 24.0 Å². The van der Waals surface area contributed by atoms with E-state index in [9.17, 15) is 26.4 Å². The second kappa shape index (κ2) is 14.1. The Bertz CT molecular complexity index is 1770. The molecule has 2 aromatic carbocycles. The van der Waals surface area contributed by atoms with E-state index in [1.54, 1.807) is 0 Å². The second-order valence-electron chi connectivity index (χ2n) is 12.0. The molecule has 3 heterocycles. The Morgan fingerprint density at radius 3 is 2.57 bits per heavy atom. The minimum absolute atomic E-state index is 0.0116. The van der Waals surface area contributed by atoms with Crippen molar-refractivity contribution in [3.8, 4) is 17.6 Å². The number of rotatable bonds is 8. The highest BCUT2D eigenvalue weighted by Gasteiger charge is 2.39. The van der Waals surface area contributed by atoms with E-state index in [0.717, 1.165) is 30.0 Å². The van der Waals surface area contributed by atoms with Crippen LogP contribution in [0.3, 0.4) is 0 Å². The van der Waals surface area contributed by atoms with Crippen LogP contribution in [-0.4, -0.2) is 99.4 Å². The smallest absolute Gasteiger partial charge is 0.406 e. The van der Waals surface area contributed by atoms with Crippen molar-refractivity contribution in [1.82, 2.24) is 19.8 Å². The van der Waals surface area contributed by atoms with Gasteiger partial charge in [0.05, 0.1) is 47.7 Å². The lowest BCUT2D eigenvalue weighted by Gasteiger charge is -2.44. The Hall–Kier alpha value is -3.87. The average Bonchev–Trinajstić information content (AvgIpc) is 3.41. The number of methoxy groups -OCH3 is 1. The quantitative estimate of drug-likeness (QED) is 0.271. The van der Waals surface area contributed by atoms with Crippen LogP contribution >= 0.6 is 0 Å². The summed E-state index contributed by atoms with van der Waals surface area (Å²) in [5.74, 6) is 5.22. The first-order chi connectivity index (χ1) is 22.2. The number of nitrogens with zero attached hydrogens (tertiary/aromatic N) is 3. The number of benzene rings is 2. The normalized spacial score (nSPS) is 21.2. The van der Waals surface area contributed by atoms with Gasteiger partial charge in [-0.05, 0) is 49.1 Å². The molecule has 2 aliphatic rings. The predicted molar refractivity (Wildman–Crippen MR) is 168 cm³/mol. The highest BCUT2D eigenvalue weighted by atomic mass is 32.2. The van der Waals surface area contributed by atoms with Gasteiger partial charge in [0.15, 0.2) is 9.84 Å². The second-order valence-corrected chi connectivity index (χ2v) is 14.0. The van der Waals surface area contributed by atoms with E-state index in [-0.39, 0.29) is 52.1 Å². The number of carbonyl (C=O) groups excluding carboxylic acids is 1. The van der Waals surface area contributed by atoms with Gasteiger partial charge in [0.2, 0.25) is 0 Å². The predicted octanol–water partition coefficient (Wildman–Crippen LogP) is 4.04. The third-order valence-electron chi connectivity index (χ3n) is 8.46. The molecule has 2 fully saturated rings. The number of imidazole rings is 1. The molecule has 0 spiro atoms. The molecule has 1 amide bonds. The lowest BCUT2D eigenvalue weighted by Crippen LogP contribution is -2.59. The first-order valence-electron chi connectivity index (χ1n) is 15.2. The van der Waals surface area contributed by atoms with Crippen LogP contribution in [0, 0.1) is 17.8 Å². The van der Waals surface area contributed by atoms with E-state index < -0.39 is 40.7 Å². The molecule has 10 nitrogen and oxygen atoms in total. The summed E-state index contributed by atoms with van der Waals surface area (Å²) >= 11 is 0. The van der Waals surface area contributed by atoms with Crippen molar-refractivity contribution in [2.75, 3.05) is 51.5 Å². The Kier molecular flexibility index (Phi) is 10.3. The fraction of sp³-hybridized carbons (Fsp3) is 0.500. The van der Waals surface area contributed by atoms with Gasteiger partial charge in [-0.3, -0.25) is 9.69 Å². The Morgan fingerprint density at radius 2 is 1.91 bits per heavy atom. The molecule has 254 valence electrons. The molecule has 2 N–H and O–H groups in total. The van der Waals surface area contributed by atoms with Crippen molar-refractivity contribution in [2.45, 2.75) is 55.6 Å². The highest BCUT2D eigenvalue weighted by Crippen LogP contribution is 2.29. The maximum atomic E-state index is 15.5. The molecule has 5 rings (SSSR count). The van der Waals surface area contributed by atoms with Crippen molar-refractivity contribution in [3.05, 3.63) is 47.8 Å². The van der Waals surface area contributed by atoms with E-state index in [4.69, 9.17) is 9.47 Å². The molecule has 47 heavy (non-hydrogen) atoms. The molecule has 2 aliphatic heterocycles. The number of nitrogens with one attached hydrogen (secondary N) is 2. The first-order valence-corrected chi connectivity index (χ1v) is 17.1. The number of likely N-dealkylation sites (tertiary alicyclic amines) is 1. The van der Waals surface area contributed by atoms with Crippen LogP contribution in [0.5, 0.6) is 5.75 Å². The number of halogens is 4. The van der Waals surface area contributed by atoms with E-state index in [0.29, 0.717) is 31.2 Å². The number of sulfone groups is 1. The summed E-state index contributed by atoms with van der Waals surface area (Å²) in [5, 5.41) is 5.78. The van der Waals surface area contributed by atoms with Crippen LogP contribution in [0.25, 0.3) is 11.0 Å². The number of hydrogen-bond donors (Lipinski definition) is 2. The van der Waals surface area contributed by atoms with E-state index in [2.05, 4.69) is 32.4 Å². The van der Waals surface area contributed by atoms with Gasteiger partial charge in [0, 0.05) is 44.2 Å². The summed E-state index contributed by atoms with van der Waals surface area (Å²) < 4.78 is 91.3. The SMILES string of the molecule is COc1ccc(S(C)(=O)=O)cc1NCC#Cc1cc(C(=O)N[C@H]2[C@H](C)CN(C3CCOCC3)C[C@H]2F)c2ncn(CC(F)(F)F)c2c1. The summed E-state index contributed by atoms with van der Waals surface area (Å²) in [6, 6.07) is 6.58. The Morgan fingerprint density at radius 1 is 1.17 bits per heavy atom. The third kappa shape index (κ3) is 8.35. The minimum atomic E-state index is -4.55. The Labute approximate surface area is 270 Å². The zero-order valence-electron chi connectivity index (χ0n) is 26.2. The zero-order valence-corrected chi connectivity index (χ0v) is 27.0. The van der Waals surface area contributed by atoms with Gasteiger partial charge in [-0.1, -0.05) is 18.8 Å². The standard InChI is InChI=1S/C32H37F4N5O5S/c1-20-16-40(22-8-11-46-12-9-22)17-25(33)29(20)39-31(42)24-13-21(14-27-30(24)38-19-41(27)18-32(34,35)36)5-4-10-37-26-15-23(47(3,43)44)6-7-28(26)45-2/h6-7,13-15,19-20,22,25,29,37H,8-12,16-18H2,1-3H3,(H,39,42)/t20-,25-,29+/m1/s1. The maximum Gasteiger partial charge on any atom is 0.406 e. The van der Waals surface area contributed by atoms with Crippen LogP contribution in [0.4, 0.5) is 23.2 Å². The number of piperidine rings is 1. The molecule has 0 radical (unpaired) electrons. The number of aromatic nitrogens is 2. The van der Waals surface area contributed by atoms with Crippen LogP contribution in [0.2, 0.25) is 0 Å². The molecule has 0 aliphatic carbocycles. The molecule has 0 saturated carbocycles. The van der Waals surface area contributed by atoms with Crippen molar-refractivity contribution >= 4 is 32.5 Å². The minimum Gasteiger partial charge on any atom is -0.495 e. The summed E-state index contributed by atoms with van der Waals surface area (Å²) in [6.07, 6.45) is -2.16. The van der Waals surface area contributed by atoms with Crippen LogP contribution < -0.4 is 15.4 Å². The summed E-state index contributed by atoms with van der Waals surface area (Å²) in [4.78, 5) is 19.9. The largest absolute Gasteiger partial charge is 0.495 e. The molecule has 0 unspecified atom stereocenters. The van der Waals surface area contributed by atoms with Gasteiger partial charge in [-0.2, -0.15) is 13.2 Å². The molecule has 3 aromatic rings. The van der Waals surface area contributed by atoms with Crippen molar-refractivity contribution in [3.63, 3.8) is 0 Å². The van der Waals surface area contributed by atoms with Crippen LogP contribution in [0.1, 0.15) is 35.7 Å². The van der Waals surface area contributed by atoms with Crippen molar-refractivity contribution in [1.29, 1.82) is 0 Å². The van der Waals surface area contributed by atoms with Gasteiger partial charge < -0.3 is 24.7 Å². The van der Waals surface area contributed by atoms with Gasteiger partial charge in [-0.25, -0.2) is 17.8 Å². The summed E-state index contributed by atoms with van der Waals surface area (Å²) in [7, 11) is -2.05. The Balaban J connectivity index is 1.39. The third-order valence-corrected chi connectivity index (χ3v) is 9.57. The molecule has 0 bridgehead atoms. The molecular formula is C32H37F4N5O5S. The fourth-order valence-electron chi connectivity index (χ4n) is 6.13. The molecule has 1 aromatic heterocycles. The van der Waals surface area contributed by atoms with Gasteiger partial charge >= 0.3 is 6.18 Å². The maximum absolute atomic E-state index is 15.5. The van der Waals surface area contributed by atoms with E-state index in [1.807, 2.05) is 6.92 Å². The summed E-state index contributed by atoms with van der Waals surface area (Å²) in [5.41, 5.74) is 0.689. The van der Waals surface area contributed by atoms with Gasteiger partial charge in [-0.15, -0.1) is 0 Å². The highest BCUT2D eigenvalue weighted by molar-refractivity contribution is 7.90. The number of amides is 1. The lowest BCUT2D eigenvalue weighted by atomic mass is 9.89. The van der Waals surface area contributed by atoms with Crippen molar-refractivity contribution < 1.29 is 40.2 Å². The number of anilines is 1. The molecular weight excluding hydrogens is 642 g/mol. The van der Waals surface area contributed by atoms with E-state index >= 15 is 4.39 Å². The molecule has 15 heteroatoms. The van der Waals surface area contributed by atoms with E-state index in [1.165, 1.54) is 37.4 Å². The number of ether oxygens (including phenoxy) is 2. The zero-order chi connectivity index (χ0) is 33.9. The molecule has 2 saturated heterocycles. The molecule has 3 atom stereocenters. The summed E-state index contributed by atoms with van der Waals surface area (Å²) in [6.45, 7) is 2.55. The van der Waals surface area contributed by atoms with Crippen LogP contribution in [-0.2, 0) is 21.1 Å². The first kappa shape index (κ1) is 34.5. The topological polar surface area (TPSA) is 115 Å². The monoisotopic (exact) mass is 679 g/mol. The van der Waals surface area contributed by atoms with Gasteiger partial charge in [0.25, 0.3) is 5.91 Å². The van der Waals surface area contributed by atoms with Crippen LogP contribution in [0.15, 0.2) is 41.6 Å². The number of carbonyl (C=O) groups is 1.